The summed E-state index contributed by atoms with van der Waals surface area (Å²) >= 11 is 0. The lowest BCUT2D eigenvalue weighted by Crippen LogP contribution is -2.48. The lowest BCUT2D eigenvalue weighted by molar-refractivity contribution is -0.121. The number of carbonyl (C=O) groups excluding carboxylic acids is 1. The lowest BCUT2D eigenvalue weighted by Gasteiger charge is -2.29. The number of hydrogen-bond acceptors (Lipinski definition) is 5. The third kappa shape index (κ3) is 6.97. The van der Waals surface area contributed by atoms with Crippen molar-refractivity contribution in [1.82, 2.24) is 10.2 Å². The molecule has 1 aliphatic rings. The van der Waals surface area contributed by atoms with Crippen molar-refractivity contribution in [3.63, 3.8) is 0 Å². The highest BCUT2D eigenvalue weighted by molar-refractivity contribution is 7.92. The van der Waals surface area contributed by atoms with Gasteiger partial charge in [-0.2, -0.15) is 0 Å². The molecule has 1 aliphatic heterocycles. The van der Waals surface area contributed by atoms with Crippen LogP contribution in [0, 0.1) is 0 Å². The molecule has 0 saturated carbocycles. The highest BCUT2D eigenvalue weighted by Crippen LogP contribution is 2.26. The molecule has 1 atom stereocenters. The minimum atomic E-state index is -3.66. The molecule has 0 spiro atoms. The van der Waals surface area contributed by atoms with Crippen LogP contribution in [-0.2, 0) is 14.8 Å². The summed E-state index contributed by atoms with van der Waals surface area (Å²) in [5.41, 5.74) is 0.420. The van der Waals surface area contributed by atoms with Crippen molar-refractivity contribution in [2.45, 2.75) is 38.6 Å². The van der Waals surface area contributed by atoms with Gasteiger partial charge in [-0.1, -0.05) is 24.6 Å². The van der Waals surface area contributed by atoms with E-state index in [4.69, 9.17) is 4.74 Å². The molecular formula is C24H33N3O4S. The highest BCUT2D eigenvalue weighted by Gasteiger charge is 2.29. The number of carbonyl (C=O) groups is 1. The molecule has 174 valence electrons. The highest BCUT2D eigenvalue weighted by atomic mass is 32.2. The molecule has 8 heteroatoms. The fourth-order valence-corrected chi connectivity index (χ4v) is 5.11. The van der Waals surface area contributed by atoms with Crippen molar-refractivity contribution in [1.29, 1.82) is 0 Å². The number of ether oxygens (including phenoxy) is 1. The maximum absolute atomic E-state index is 12.7. The van der Waals surface area contributed by atoms with Crippen LogP contribution >= 0.6 is 0 Å². The zero-order valence-corrected chi connectivity index (χ0v) is 19.7. The van der Waals surface area contributed by atoms with E-state index in [1.165, 1.54) is 19.3 Å². The third-order valence-electron chi connectivity index (χ3n) is 5.56. The number of anilines is 1. The van der Waals surface area contributed by atoms with Gasteiger partial charge < -0.3 is 15.0 Å². The molecule has 32 heavy (non-hydrogen) atoms. The predicted octanol–water partition coefficient (Wildman–Crippen LogP) is 3.63. The number of amides is 1. The maximum Gasteiger partial charge on any atom is 0.243 e. The second-order valence-electron chi connectivity index (χ2n) is 8.19. The van der Waals surface area contributed by atoms with Crippen molar-refractivity contribution in [2.75, 3.05) is 36.7 Å². The first-order valence-electron chi connectivity index (χ1n) is 11.2. The number of benzene rings is 2. The number of nitrogens with zero attached hydrogens (tertiary/aromatic N) is 2. The number of para-hydroxylation sites is 1. The van der Waals surface area contributed by atoms with Gasteiger partial charge in [0.25, 0.3) is 0 Å². The normalized spacial score (nSPS) is 15.7. The average molecular weight is 460 g/mol. The molecule has 0 aliphatic carbocycles. The second kappa shape index (κ2) is 11.3. The van der Waals surface area contributed by atoms with Crippen molar-refractivity contribution < 1.29 is 17.9 Å². The molecule has 1 N–H and O–H groups in total. The molecule has 3 rings (SSSR count). The van der Waals surface area contributed by atoms with Crippen molar-refractivity contribution >= 4 is 21.6 Å². The van der Waals surface area contributed by atoms with Gasteiger partial charge in [0, 0.05) is 6.54 Å². The van der Waals surface area contributed by atoms with Crippen LogP contribution in [0.5, 0.6) is 11.5 Å². The summed E-state index contributed by atoms with van der Waals surface area (Å²) in [7, 11) is -3.66. The fourth-order valence-electron chi connectivity index (χ4n) is 3.94. The Hall–Kier alpha value is -2.58. The van der Waals surface area contributed by atoms with Gasteiger partial charge in [0.05, 0.1) is 11.9 Å². The smallest absolute Gasteiger partial charge is 0.243 e. The molecular weight excluding hydrogens is 426 g/mol. The van der Waals surface area contributed by atoms with E-state index in [0.717, 1.165) is 36.6 Å². The summed E-state index contributed by atoms with van der Waals surface area (Å²) in [4.78, 5) is 15.1. The van der Waals surface area contributed by atoms with Gasteiger partial charge in [-0.25, -0.2) is 8.42 Å². The van der Waals surface area contributed by atoms with E-state index in [2.05, 4.69) is 10.2 Å². The van der Waals surface area contributed by atoms with Crippen LogP contribution in [0.3, 0.4) is 0 Å². The van der Waals surface area contributed by atoms with Crippen LogP contribution in [0.1, 0.15) is 32.6 Å². The summed E-state index contributed by atoms with van der Waals surface area (Å²) in [5, 5.41) is 2.89. The number of hydrogen-bond donors (Lipinski definition) is 1. The van der Waals surface area contributed by atoms with Crippen LogP contribution in [0.2, 0.25) is 0 Å². The average Bonchev–Trinajstić information content (AvgIpc) is 2.78. The van der Waals surface area contributed by atoms with E-state index in [-0.39, 0.29) is 5.91 Å². The summed E-state index contributed by atoms with van der Waals surface area (Å²) in [6, 6.07) is 15.2. The van der Waals surface area contributed by atoms with Gasteiger partial charge in [-0.3, -0.25) is 9.10 Å². The Morgan fingerprint density at radius 1 is 1.03 bits per heavy atom. The standard InChI is InChI=1S/C24H33N3O4S/c1-20(24(28)25-16-9-19-26-17-7-4-8-18-26)27(32(2,29)30)21-12-14-23(15-13-21)31-22-10-5-3-6-11-22/h3,5-6,10-15,20H,4,7-9,16-19H2,1-2H3,(H,25,28). The van der Waals surface area contributed by atoms with E-state index in [9.17, 15) is 13.2 Å². The van der Waals surface area contributed by atoms with E-state index in [0.29, 0.717) is 23.7 Å². The first-order valence-corrected chi connectivity index (χ1v) is 13.0. The van der Waals surface area contributed by atoms with Crippen molar-refractivity contribution in [2.24, 2.45) is 0 Å². The molecule has 1 saturated heterocycles. The Morgan fingerprint density at radius 3 is 2.28 bits per heavy atom. The molecule has 2 aromatic carbocycles. The number of likely N-dealkylation sites (tertiary alicyclic amines) is 1. The topological polar surface area (TPSA) is 79.0 Å². The molecule has 1 unspecified atom stereocenters. The molecule has 1 fully saturated rings. The Balaban J connectivity index is 1.59. The monoisotopic (exact) mass is 459 g/mol. The van der Waals surface area contributed by atoms with Crippen molar-refractivity contribution in [3.8, 4) is 11.5 Å². The van der Waals surface area contributed by atoms with Crippen LogP contribution in [-0.4, -0.2) is 57.7 Å². The Labute approximate surface area is 191 Å². The molecule has 0 bridgehead atoms. The van der Waals surface area contributed by atoms with Crippen molar-refractivity contribution in [3.05, 3.63) is 54.6 Å². The van der Waals surface area contributed by atoms with Crippen LogP contribution in [0.15, 0.2) is 54.6 Å². The quantitative estimate of drug-likeness (QED) is 0.549. The molecule has 1 heterocycles. The first kappa shape index (κ1) is 24.1. The van der Waals surface area contributed by atoms with Gasteiger partial charge in [0.15, 0.2) is 0 Å². The Bertz CT molecular complexity index is 958. The first-order chi connectivity index (χ1) is 15.3. The van der Waals surface area contributed by atoms with Gasteiger partial charge in [0.2, 0.25) is 15.9 Å². The van der Waals surface area contributed by atoms with E-state index < -0.39 is 16.1 Å². The third-order valence-corrected chi connectivity index (χ3v) is 6.80. The molecule has 0 radical (unpaired) electrons. The summed E-state index contributed by atoms with van der Waals surface area (Å²) in [6.45, 7) is 5.33. The summed E-state index contributed by atoms with van der Waals surface area (Å²) in [6.07, 6.45) is 5.74. The minimum Gasteiger partial charge on any atom is -0.457 e. The van der Waals surface area contributed by atoms with Gasteiger partial charge >= 0.3 is 0 Å². The number of sulfonamides is 1. The van der Waals surface area contributed by atoms with Crippen LogP contribution in [0.4, 0.5) is 5.69 Å². The largest absolute Gasteiger partial charge is 0.457 e. The van der Waals surface area contributed by atoms with Gasteiger partial charge in [-0.15, -0.1) is 0 Å². The minimum absolute atomic E-state index is 0.307. The summed E-state index contributed by atoms with van der Waals surface area (Å²) < 4.78 is 31.9. The van der Waals surface area contributed by atoms with E-state index >= 15 is 0 Å². The SMILES string of the molecule is CC(C(=O)NCCCN1CCCCC1)N(c1ccc(Oc2ccccc2)cc1)S(C)(=O)=O. The van der Waals surface area contributed by atoms with Gasteiger partial charge in [0.1, 0.15) is 17.5 Å². The number of piperidine rings is 1. The Kier molecular flexibility index (Phi) is 8.53. The number of nitrogens with one attached hydrogen (secondary N) is 1. The Morgan fingerprint density at radius 2 is 1.66 bits per heavy atom. The summed E-state index contributed by atoms with van der Waals surface area (Å²) in [5.74, 6) is 0.972. The predicted molar refractivity (Wildman–Crippen MR) is 128 cm³/mol. The van der Waals surface area contributed by atoms with Crippen LogP contribution in [0.25, 0.3) is 0 Å². The second-order valence-corrected chi connectivity index (χ2v) is 10.1. The van der Waals surface area contributed by atoms with Gasteiger partial charge in [-0.05, 0) is 82.2 Å². The van der Waals surface area contributed by atoms with E-state index in [1.807, 2.05) is 30.3 Å². The fraction of sp³-hybridized carbons (Fsp3) is 0.458. The van der Waals surface area contributed by atoms with E-state index in [1.54, 1.807) is 31.2 Å². The zero-order chi connectivity index (χ0) is 23.0. The zero-order valence-electron chi connectivity index (χ0n) is 18.9. The number of rotatable bonds is 10. The molecule has 0 aromatic heterocycles. The lowest BCUT2D eigenvalue weighted by atomic mass is 10.1. The maximum atomic E-state index is 12.7. The molecule has 7 nitrogen and oxygen atoms in total. The molecule has 1 amide bonds. The van der Waals surface area contributed by atoms with Crippen LogP contribution < -0.4 is 14.4 Å². The molecule has 2 aromatic rings.